The van der Waals surface area contributed by atoms with Crippen LogP contribution in [-0.2, 0) is 9.53 Å². The third kappa shape index (κ3) is 3.12. The van der Waals surface area contributed by atoms with Crippen LogP contribution < -0.4 is 0 Å². The largest absolute Gasteiger partial charge is 0.481 e. The van der Waals surface area contributed by atoms with E-state index in [-0.39, 0.29) is 12.5 Å². The SMILES string of the molecule is C[C@H]1CN(C(=O)OC(C)(C)C)C[C@H]1C(=O)O. The standard InChI is InChI=1S/C11H19NO4/c1-7-5-12(6-8(7)9(13)14)10(15)16-11(2,3)4/h7-8H,5-6H2,1-4H3,(H,13,14)/t7-,8+/m0/s1. The smallest absolute Gasteiger partial charge is 0.410 e. The molecule has 1 rings (SSSR count). The molecule has 0 saturated carbocycles. The van der Waals surface area contributed by atoms with E-state index in [1.165, 1.54) is 4.90 Å². The van der Waals surface area contributed by atoms with Crippen molar-refractivity contribution in [2.75, 3.05) is 13.1 Å². The molecule has 0 aromatic carbocycles. The van der Waals surface area contributed by atoms with E-state index in [0.29, 0.717) is 6.54 Å². The van der Waals surface area contributed by atoms with Crippen molar-refractivity contribution >= 4 is 12.1 Å². The molecule has 1 heterocycles. The lowest BCUT2D eigenvalue weighted by Gasteiger charge is -2.24. The van der Waals surface area contributed by atoms with E-state index in [9.17, 15) is 9.59 Å². The van der Waals surface area contributed by atoms with Crippen molar-refractivity contribution in [1.29, 1.82) is 0 Å². The topological polar surface area (TPSA) is 66.8 Å². The van der Waals surface area contributed by atoms with E-state index in [1.807, 2.05) is 6.92 Å². The highest BCUT2D eigenvalue weighted by Gasteiger charge is 2.38. The second-order valence-electron chi connectivity index (χ2n) is 5.31. The fourth-order valence-corrected chi connectivity index (χ4v) is 1.76. The lowest BCUT2D eigenvalue weighted by atomic mass is 9.99. The van der Waals surface area contributed by atoms with Gasteiger partial charge in [-0.2, -0.15) is 0 Å². The quantitative estimate of drug-likeness (QED) is 0.741. The minimum absolute atomic E-state index is 0.0231. The number of carbonyl (C=O) groups excluding carboxylic acids is 1. The summed E-state index contributed by atoms with van der Waals surface area (Å²) in [5, 5.41) is 8.94. The predicted molar refractivity (Wildman–Crippen MR) is 58.1 cm³/mol. The molecule has 0 radical (unpaired) electrons. The van der Waals surface area contributed by atoms with Crippen LogP contribution in [0.5, 0.6) is 0 Å². The Balaban J connectivity index is 2.58. The average Bonchev–Trinajstić information content (AvgIpc) is 2.44. The number of hydrogen-bond acceptors (Lipinski definition) is 3. The van der Waals surface area contributed by atoms with Crippen molar-refractivity contribution in [3.05, 3.63) is 0 Å². The fourth-order valence-electron chi connectivity index (χ4n) is 1.76. The zero-order valence-electron chi connectivity index (χ0n) is 10.2. The van der Waals surface area contributed by atoms with Crippen LogP contribution in [0.15, 0.2) is 0 Å². The van der Waals surface area contributed by atoms with Gasteiger partial charge < -0.3 is 14.7 Å². The van der Waals surface area contributed by atoms with Gasteiger partial charge in [-0.1, -0.05) is 6.92 Å². The zero-order chi connectivity index (χ0) is 12.5. The van der Waals surface area contributed by atoms with Gasteiger partial charge in [0.05, 0.1) is 5.92 Å². The summed E-state index contributed by atoms with van der Waals surface area (Å²) in [6.07, 6.45) is -0.428. The van der Waals surface area contributed by atoms with Gasteiger partial charge in [-0.05, 0) is 26.7 Å². The monoisotopic (exact) mass is 229 g/mol. The van der Waals surface area contributed by atoms with Gasteiger partial charge in [-0.15, -0.1) is 0 Å². The predicted octanol–water partition coefficient (Wildman–Crippen LogP) is 1.57. The molecular formula is C11H19NO4. The number of hydrogen-bond donors (Lipinski definition) is 1. The van der Waals surface area contributed by atoms with Gasteiger partial charge >= 0.3 is 12.1 Å². The van der Waals surface area contributed by atoms with Crippen LogP contribution in [0, 0.1) is 11.8 Å². The van der Waals surface area contributed by atoms with E-state index in [0.717, 1.165) is 0 Å². The Kier molecular flexibility index (Phi) is 3.45. The van der Waals surface area contributed by atoms with Gasteiger partial charge in [0, 0.05) is 13.1 Å². The van der Waals surface area contributed by atoms with Gasteiger partial charge in [0.15, 0.2) is 0 Å². The van der Waals surface area contributed by atoms with Gasteiger partial charge in [-0.3, -0.25) is 4.79 Å². The van der Waals surface area contributed by atoms with E-state index >= 15 is 0 Å². The molecule has 1 fully saturated rings. The molecule has 5 nitrogen and oxygen atoms in total. The Morgan fingerprint density at radius 1 is 1.31 bits per heavy atom. The molecule has 92 valence electrons. The summed E-state index contributed by atoms with van der Waals surface area (Å²) < 4.78 is 5.19. The summed E-state index contributed by atoms with van der Waals surface area (Å²) in [6, 6.07) is 0. The van der Waals surface area contributed by atoms with Gasteiger partial charge in [0.1, 0.15) is 5.60 Å². The van der Waals surface area contributed by atoms with Gasteiger partial charge in [-0.25, -0.2) is 4.79 Å². The second kappa shape index (κ2) is 4.31. The van der Waals surface area contributed by atoms with Crippen molar-refractivity contribution < 1.29 is 19.4 Å². The average molecular weight is 229 g/mol. The Hall–Kier alpha value is -1.26. The number of nitrogens with zero attached hydrogens (tertiary/aromatic N) is 1. The zero-order valence-corrected chi connectivity index (χ0v) is 10.2. The number of carboxylic acids is 1. The highest BCUT2D eigenvalue weighted by molar-refractivity contribution is 5.74. The summed E-state index contributed by atoms with van der Waals surface area (Å²) in [5.41, 5.74) is -0.540. The number of likely N-dealkylation sites (tertiary alicyclic amines) is 1. The lowest BCUT2D eigenvalue weighted by Crippen LogP contribution is -2.35. The second-order valence-corrected chi connectivity index (χ2v) is 5.31. The Labute approximate surface area is 95.4 Å². The summed E-state index contributed by atoms with van der Waals surface area (Å²) in [7, 11) is 0. The van der Waals surface area contributed by atoms with Crippen LogP contribution in [-0.4, -0.2) is 40.8 Å². The van der Waals surface area contributed by atoms with Crippen molar-refractivity contribution in [3.63, 3.8) is 0 Å². The van der Waals surface area contributed by atoms with E-state index in [4.69, 9.17) is 9.84 Å². The van der Waals surface area contributed by atoms with Crippen LogP contribution in [0.2, 0.25) is 0 Å². The molecule has 0 spiro atoms. The first-order valence-electron chi connectivity index (χ1n) is 5.41. The fraction of sp³-hybridized carbons (Fsp3) is 0.818. The molecule has 1 aliphatic rings. The van der Waals surface area contributed by atoms with Crippen LogP contribution in [0.1, 0.15) is 27.7 Å². The minimum Gasteiger partial charge on any atom is -0.481 e. The highest BCUT2D eigenvalue weighted by Crippen LogP contribution is 2.24. The first-order valence-corrected chi connectivity index (χ1v) is 5.41. The van der Waals surface area contributed by atoms with Crippen molar-refractivity contribution in [2.24, 2.45) is 11.8 Å². The number of rotatable bonds is 1. The molecule has 1 aliphatic heterocycles. The Bertz CT molecular complexity index is 295. The number of carboxylic acid groups (broad SMARTS) is 1. The lowest BCUT2D eigenvalue weighted by molar-refractivity contribution is -0.142. The summed E-state index contributed by atoms with van der Waals surface area (Å²) in [6.45, 7) is 7.90. The molecule has 0 bridgehead atoms. The van der Waals surface area contributed by atoms with Crippen LogP contribution in [0.3, 0.4) is 0 Å². The first-order chi connectivity index (χ1) is 7.20. The minimum atomic E-state index is -0.849. The highest BCUT2D eigenvalue weighted by atomic mass is 16.6. The van der Waals surface area contributed by atoms with E-state index in [2.05, 4.69) is 0 Å². The molecule has 0 aromatic heterocycles. The molecule has 1 N–H and O–H groups in total. The molecule has 2 atom stereocenters. The third-order valence-corrected chi connectivity index (χ3v) is 2.58. The Morgan fingerprint density at radius 2 is 1.88 bits per heavy atom. The number of ether oxygens (including phenoxy) is 1. The van der Waals surface area contributed by atoms with E-state index in [1.54, 1.807) is 20.8 Å². The van der Waals surface area contributed by atoms with Gasteiger partial charge in [0.25, 0.3) is 0 Å². The molecular weight excluding hydrogens is 210 g/mol. The maximum atomic E-state index is 11.7. The molecule has 1 saturated heterocycles. The molecule has 5 heteroatoms. The summed E-state index contributed by atoms with van der Waals surface area (Å²) in [4.78, 5) is 24.0. The normalized spacial score (nSPS) is 25.6. The van der Waals surface area contributed by atoms with Crippen LogP contribution in [0.25, 0.3) is 0 Å². The third-order valence-electron chi connectivity index (χ3n) is 2.58. The van der Waals surface area contributed by atoms with Crippen LogP contribution in [0.4, 0.5) is 4.79 Å². The number of carbonyl (C=O) groups is 2. The number of aliphatic carboxylic acids is 1. The molecule has 16 heavy (non-hydrogen) atoms. The van der Waals surface area contributed by atoms with Crippen molar-refractivity contribution in [3.8, 4) is 0 Å². The van der Waals surface area contributed by atoms with Crippen molar-refractivity contribution in [2.45, 2.75) is 33.3 Å². The summed E-state index contributed by atoms with van der Waals surface area (Å²) in [5.74, 6) is -1.35. The molecule has 1 amide bonds. The summed E-state index contributed by atoms with van der Waals surface area (Å²) >= 11 is 0. The molecule has 0 aromatic rings. The molecule has 0 unspecified atom stereocenters. The maximum absolute atomic E-state index is 11.7. The van der Waals surface area contributed by atoms with Crippen LogP contribution >= 0.6 is 0 Å². The Morgan fingerprint density at radius 3 is 2.25 bits per heavy atom. The number of amides is 1. The molecule has 0 aliphatic carbocycles. The van der Waals surface area contributed by atoms with Crippen molar-refractivity contribution in [1.82, 2.24) is 4.90 Å². The van der Waals surface area contributed by atoms with E-state index < -0.39 is 23.6 Å². The maximum Gasteiger partial charge on any atom is 0.410 e. The van der Waals surface area contributed by atoms with Gasteiger partial charge in [0.2, 0.25) is 0 Å². The first kappa shape index (κ1) is 12.8.